The SMILES string of the molecule is CCCNCCNC(=O)COc1ccccc1[N+](=O)[O-]. The summed E-state index contributed by atoms with van der Waals surface area (Å²) in [4.78, 5) is 21.7. The van der Waals surface area contributed by atoms with E-state index in [4.69, 9.17) is 4.74 Å². The first-order valence-corrected chi connectivity index (χ1v) is 6.48. The van der Waals surface area contributed by atoms with E-state index in [0.717, 1.165) is 13.0 Å². The van der Waals surface area contributed by atoms with E-state index in [1.807, 2.05) is 0 Å². The van der Waals surface area contributed by atoms with E-state index in [-0.39, 0.29) is 24.0 Å². The number of nitrogens with zero attached hydrogens (tertiary/aromatic N) is 1. The maximum absolute atomic E-state index is 11.5. The van der Waals surface area contributed by atoms with Crippen molar-refractivity contribution in [3.05, 3.63) is 34.4 Å². The molecule has 0 heterocycles. The van der Waals surface area contributed by atoms with Gasteiger partial charge in [0.25, 0.3) is 5.91 Å². The van der Waals surface area contributed by atoms with Gasteiger partial charge < -0.3 is 15.4 Å². The number of hydrogen-bond donors (Lipinski definition) is 2. The summed E-state index contributed by atoms with van der Waals surface area (Å²) in [6.45, 7) is 3.91. The molecule has 110 valence electrons. The number of para-hydroxylation sites is 2. The summed E-state index contributed by atoms with van der Waals surface area (Å²) in [6.07, 6.45) is 1.04. The Morgan fingerprint density at radius 1 is 1.30 bits per heavy atom. The number of amides is 1. The van der Waals surface area contributed by atoms with Gasteiger partial charge in [0, 0.05) is 19.2 Å². The fourth-order valence-electron chi connectivity index (χ4n) is 1.52. The van der Waals surface area contributed by atoms with Gasteiger partial charge in [-0.2, -0.15) is 0 Å². The molecule has 0 bridgehead atoms. The van der Waals surface area contributed by atoms with E-state index < -0.39 is 4.92 Å². The van der Waals surface area contributed by atoms with Crippen LogP contribution < -0.4 is 15.4 Å². The first-order valence-electron chi connectivity index (χ1n) is 6.48. The Balaban J connectivity index is 2.32. The zero-order chi connectivity index (χ0) is 14.8. The lowest BCUT2D eigenvalue weighted by Crippen LogP contribution is -2.35. The van der Waals surface area contributed by atoms with Crippen molar-refractivity contribution in [1.29, 1.82) is 0 Å². The smallest absolute Gasteiger partial charge is 0.310 e. The molecule has 0 aliphatic rings. The van der Waals surface area contributed by atoms with E-state index in [2.05, 4.69) is 17.6 Å². The average molecular weight is 281 g/mol. The first-order chi connectivity index (χ1) is 9.65. The molecule has 20 heavy (non-hydrogen) atoms. The minimum Gasteiger partial charge on any atom is -0.477 e. The van der Waals surface area contributed by atoms with Crippen LogP contribution >= 0.6 is 0 Å². The number of carbonyl (C=O) groups is 1. The second-order valence-corrected chi connectivity index (χ2v) is 4.11. The van der Waals surface area contributed by atoms with Crippen LogP contribution in [0.2, 0.25) is 0 Å². The van der Waals surface area contributed by atoms with Gasteiger partial charge in [0.15, 0.2) is 12.4 Å². The van der Waals surface area contributed by atoms with E-state index in [0.29, 0.717) is 13.1 Å². The largest absolute Gasteiger partial charge is 0.477 e. The molecule has 1 rings (SSSR count). The van der Waals surface area contributed by atoms with Crippen molar-refractivity contribution in [3.63, 3.8) is 0 Å². The maximum Gasteiger partial charge on any atom is 0.310 e. The third-order valence-corrected chi connectivity index (χ3v) is 2.47. The van der Waals surface area contributed by atoms with Crippen LogP contribution in [-0.2, 0) is 4.79 Å². The predicted octanol–water partition coefficient (Wildman–Crippen LogP) is 1.09. The van der Waals surface area contributed by atoms with Crippen molar-refractivity contribution < 1.29 is 14.5 Å². The summed E-state index contributed by atoms with van der Waals surface area (Å²) >= 11 is 0. The van der Waals surface area contributed by atoms with Crippen LogP contribution in [0.5, 0.6) is 5.75 Å². The van der Waals surface area contributed by atoms with Crippen molar-refractivity contribution >= 4 is 11.6 Å². The number of hydrogen-bond acceptors (Lipinski definition) is 5. The van der Waals surface area contributed by atoms with Gasteiger partial charge in [-0.3, -0.25) is 14.9 Å². The minimum absolute atomic E-state index is 0.0942. The average Bonchev–Trinajstić information content (AvgIpc) is 2.45. The molecule has 7 heteroatoms. The molecular formula is C13H19N3O4. The highest BCUT2D eigenvalue weighted by Gasteiger charge is 2.14. The van der Waals surface area contributed by atoms with Crippen LogP contribution in [0.4, 0.5) is 5.69 Å². The van der Waals surface area contributed by atoms with Gasteiger partial charge in [0.1, 0.15) is 0 Å². The number of ether oxygens (including phenoxy) is 1. The predicted molar refractivity (Wildman–Crippen MR) is 74.8 cm³/mol. The van der Waals surface area contributed by atoms with Gasteiger partial charge >= 0.3 is 5.69 Å². The molecule has 0 fully saturated rings. The number of rotatable bonds is 9. The summed E-state index contributed by atoms with van der Waals surface area (Å²) < 4.78 is 5.16. The Morgan fingerprint density at radius 3 is 2.75 bits per heavy atom. The molecule has 1 aromatic carbocycles. The second kappa shape index (κ2) is 8.87. The van der Waals surface area contributed by atoms with Gasteiger partial charge in [-0.25, -0.2) is 0 Å². The summed E-state index contributed by atoms with van der Waals surface area (Å²) in [5, 5.41) is 16.6. The lowest BCUT2D eigenvalue weighted by atomic mass is 10.3. The third-order valence-electron chi connectivity index (χ3n) is 2.47. The van der Waals surface area contributed by atoms with E-state index in [1.165, 1.54) is 12.1 Å². The van der Waals surface area contributed by atoms with Crippen LogP contribution in [0.15, 0.2) is 24.3 Å². The monoisotopic (exact) mass is 281 g/mol. The number of benzene rings is 1. The zero-order valence-electron chi connectivity index (χ0n) is 11.4. The molecule has 0 aliphatic heterocycles. The molecule has 2 N–H and O–H groups in total. The van der Waals surface area contributed by atoms with Crippen molar-refractivity contribution in [2.45, 2.75) is 13.3 Å². The minimum atomic E-state index is -0.540. The van der Waals surface area contributed by atoms with Crippen molar-refractivity contribution in [1.82, 2.24) is 10.6 Å². The number of carbonyl (C=O) groups excluding carboxylic acids is 1. The Bertz CT molecular complexity index is 451. The Hall–Kier alpha value is -2.15. The molecule has 1 aromatic rings. The number of nitrogens with one attached hydrogen (secondary N) is 2. The molecule has 0 unspecified atom stereocenters. The van der Waals surface area contributed by atoms with Crippen LogP contribution in [-0.4, -0.2) is 37.1 Å². The summed E-state index contributed by atoms with van der Waals surface area (Å²) in [7, 11) is 0. The molecule has 0 radical (unpaired) electrons. The Labute approximate surface area is 117 Å². The van der Waals surface area contributed by atoms with Gasteiger partial charge in [-0.1, -0.05) is 19.1 Å². The first kappa shape index (κ1) is 15.9. The van der Waals surface area contributed by atoms with E-state index >= 15 is 0 Å². The van der Waals surface area contributed by atoms with E-state index in [1.54, 1.807) is 12.1 Å². The van der Waals surface area contributed by atoms with Crippen molar-refractivity contribution in [2.75, 3.05) is 26.2 Å². The van der Waals surface area contributed by atoms with Crippen molar-refractivity contribution in [2.24, 2.45) is 0 Å². The molecular weight excluding hydrogens is 262 g/mol. The van der Waals surface area contributed by atoms with Gasteiger partial charge in [-0.15, -0.1) is 0 Å². The Kier molecular flexibility index (Phi) is 7.05. The van der Waals surface area contributed by atoms with Crippen LogP contribution in [0, 0.1) is 10.1 Å². The molecule has 7 nitrogen and oxygen atoms in total. The topological polar surface area (TPSA) is 93.5 Å². The summed E-state index contributed by atoms with van der Waals surface area (Å²) in [6, 6.07) is 5.97. The van der Waals surface area contributed by atoms with Gasteiger partial charge in [-0.05, 0) is 19.0 Å². The normalized spacial score (nSPS) is 10.1. The standard InChI is InChI=1S/C13H19N3O4/c1-2-7-14-8-9-15-13(17)10-20-12-6-4-3-5-11(12)16(18)19/h3-6,14H,2,7-10H2,1H3,(H,15,17). The molecule has 0 spiro atoms. The fourth-order valence-corrected chi connectivity index (χ4v) is 1.52. The summed E-state index contributed by atoms with van der Waals surface area (Å²) in [5.74, 6) is -0.210. The Morgan fingerprint density at radius 2 is 2.05 bits per heavy atom. The molecule has 0 aromatic heterocycles. The number of nitro groups is 1. The van der Waals surface area contributed by atoms with Crippen molar-refractivity contribution in [3.8, 4) is 5.75 Å². The van der Waals surface area contributed by atoms with Gasteiger partial charge in [0.2, 0.25) is 0 Å². The van der Waals surface area contributed by atoms with Crippen LogP contribution in [0.25, 0.3) is 0 Å². The molecule has 0 atom stereocenters. The van der Waals surface area contributed by atoms with Gasteiger partial charge in [0.05, 0.1) is 4.92 Å². The molecule has 0 saturated heterocycles. The maximum atomic E-state index is 11.5. The van der Waals surface area contributed by atoms with Crippen LogP contribution in [0.1, 0.15) is 13.3 Å². The zero-order valence-corrected chi connectivity index (χ0v) is 11.4. The highest BCUT2D eigenvalue weighted by molar-refractivity contribution is 5.77. The highest BCUT2D eigenvalue weighted by Crippen LogP contribution is 2.25. The molecule has 1 amide bonds. The second-order valence-electron chi connectivity index (χ2n) is 4.11. The van der Waals surface area contributed by atoms with Crippen LogP contribution in [0.3, 0.4) is 0 Å². The third kappa shape index (κ3) is 5.66. The lowest BCUT2D eigenvalue weighted by Gasteiger charge is -2.08. The molecule has 0 saturated carbocycles. The summed E-state index contributed by atoms with van der Waals surface area (Å²) in [5.41, 5.74) is -0.148. The lowest BCUT2D eigenvalue weighted by molar-refractivity contribution is -0.385. The van der Waals surface area contributed by atoms with E-state index in [9.17, 15) is 14.9 Å². The fraction of sp³-hybridized carbons (Fsp3) is 0.462. The highest BCUT2D eigenvalue weighted by atomic mass is 16.6. The quantitative estimate of drug-likeness (QED) is 0.401. The molecule has 0 aliphatic carbocycles. The number of nitro benzene ring substituents is 1.